The van der Waals surface area contributed by atoms with Crippen molar-refractivity contribution < 1.29 is 18.0 Å². The van der Waals surface area contributed by atoms with Crippen molar-refractivity contribution in [1.29, 1.82) is 0 Å². The SMILES string of the molecule is CC12C=C(c3cnn(CC(=O)Nc4ccc(N5CC(F)(F)C5)c(F)c4)c3)C=CN1NC=N2. The second-order valence-electron chi connectivity index (χ2n) is 8.12. The number of anilines is 2. The highest BCUT2D eigenvalue weighted by Gasteiger charge is 2.44. The van der Waals surface area contributed by atoms with Gasteiger partial charge in [-0.25, -0.2) is 18.2 Å². The largest absolute Gasteiger partial charge is 0.357 e. The highest BCUT2D eigenvalue weighted by molar-refractivity contribution is 5.90. The lowest BCUT2D eigenvalue weighted by atomic mass is 10.0. The first kappa shape index (κ1) is 20.2. The number of alkyl halides is 2. The zero-order valence-electron chi connectivity index (χ0n) is 17.1. The number of carbonyl (C=O) groups excluding carboxylic acids is 1. The normalized spacial score (nSPS) is 22.8. The van der Waals surface area contributed by atoms with Crippen LogP contribution in [0.25, 0.3) is 5.57 Å². The monoisotopic (exact) mass is 443 g/mol. The van der Waals surface area contributed by atoms with E-state index >= 15 is 0 Å². The second-order valence-corrected chi connectivity index (χ2v) is 8.12. The van der Waals surface area contributed by atoms with E-state index in [0.29, 0.717) is 0 Å². The molecule has 4 heterocycles. The van der Waals surface area contributed by atoms with Gasteiger partial charge in [0, 0.05) is 23.6 Å². The zero-order chi connectivity index (χ0) is 22.5. The number of nitrogens with zero attached hydrogens (tertiary/aromatic N) is 5. The highest BCUT2D eigenvalue weighted by Crippen LogP contribution is 2.34. The van der Waals surface area contributed by atoms with Gasteiger partial charge in [-0.05, 0) is 42.8 Å². The quantitative estimate of drug-likeness (QED) is 0.743. The molecule has 0 aliphatic carbocycles. The fourth-order valence-corrected chi connectivity index (χ4v) is 3.86. The Kier molecular flexibility index (Phi) is 4.50. The summed E-state index contributed by atoms with van der Waals surface area (Å²) >= 11 is 0. The third kappa shape index (κ3) is 3.70. The molecule has 0 saturated carbocycles. The van der Waals surface area contributed by atoms with Crippen molar-refractivity contribution in [3.63, 3.8) is 0 Å². The maximum Gasteiger partial charge on any atom is 0.282 e. The molecule has 1 aromatic heterocycles. The van der Waals surface area contributed by atoms with Crippen LogP contribution in [0.1, 0.15) is 12.5 Å². The molecule has 8 nitrogen and oxygen atoms in total. The van der Waals surface area contributed by atoms with Crippen molar-refractivity contribution in [2.75, 3.05) is 23.3 Å². The maximum absolute atomic E-state index is 14.3. The minimum absolute atomic E-state index is 0.0676. The van der Waals surface area contributed by atoms with Gasteiger partial charge in [0.2, 0.25) is 5.91 Å². The van der Waals surface area contributed by atoms with Gasteiger partial charge in [0.1, 0.15) is 18.7 Å². The second kappa shape index (κ2) is 7.14. The van der Waals surface area contributed by atoms with Crippen LogP contribution in [-0.2, 0) is 11.3 Å². The van der Waals surface area contributed by atoms with Crippen LogP contribution in [0.4, 0.5) is 24.5 Å². The summed E-state index contributed by atoms with van der Waals surface area (Å²) in [6, 6.07) is 4.00. The van der Waals surface area contributed by atoms with Crippen LogP contribution in [0.15, 0.2) is 53.9 Å². The molecule has 166 valence electrons. The van der Waals surface area contributed by atoms with Crippen LogP contribution in [0.3, 0.4) is 0 Å². The molecule has 5 rings (SSSR count). The Morgan fingerprint density at radius 2 is 2.12 bits per heavy atom. The number of amides is 1. The van der Waals surface area contributed by atoms with Gasteiger partial charge in [-0.1, -0.05) is 0 Å². The van der Waals surface area contributed by atoms with Crippen molar-refractivity contribution in [3.05, 3.63) is 60.3 Å². The number of nitrogens with one attached hydrogen (secondary N) is 2. The predicted octanol–water partition coefficient (Wildman–Crippen LogP) is 2.59. The summed E-state index contributed by atoms with van der Waals surface area (Å²) in [5.74, 6) is -3.84. The fourth-order valence-electron chi connectivity index (χ4n) is 3.86. The predicted molar refractivity (Wildman–Crippen MR) is 113 cm³/mol. The van der Waals surface area contributed by atoms with Crippen LogP contribution in [-0.4, -0.2) is 51.7 Å². The first-order valence-electron chi connectivity index (χ1n) is 9.96. The smallest absolute Gasteiger partial charge is 0.282 e. The number of allylic oxidation sites excluding steroid dienone is 2. The van der Waals surface area contributed by atoms with E-state index in [-0.39, 0.29) is 17.9 Å². The molecule has 1 saturated heterocycles. The molecule has 11 heteroatoms. The molecule has 1 atom stereocenters. The molecule has 1 amide bonds. The van der Waals surface area contributed by atoms with Gasteiger partial charge in [-0.2, -0.15) is 5.10 Å². The first-order chi connectivity index (χ1) is 15.2. The Hall–Kier alpha value is -3.76. The van der Waals surface area contributed by atoms with Crippen LogP contribution in [0, 0.1) is 5.82 Å². The topological polar surface area (TPSA) is 77.8 Å². The molecule has 0 spiro atoms. The van der Waals surface area contributed by atoms with E-state index in [0.717, 1.165) is 17.2 Å². The summed E-state index contributed by atoms with van der Waals surface area (Å²) < 4.78 is 41.8. The van der Waals surface area contributed by atoms with Crippen molar-refractivity contribution in [2.24, 2.45) is 4.99 Å². The summed E-state index contributed by atoms with van der Waals surface area (Å²) in [6.07, 6.45) is 10.8. The molecule has 0 radical (unpaired) electrons. The van der Waals surface area contributed by atoms with Crippen LogP contribution in [0.2, 0.25) is 0 Å². The van der Waals surface area contributed by atoms with E-state index in [1.165, 1.54) is 21.7 Å². The third-order valence-electron chi connectivity index (χ3n) is 5.53. The van der Waals surface area contributed by atoms with Gasteiger partial charge in [0.05, 0.1) is 25.0 Å². The molecular weight excluding hydrogens is 423 g/mol. The van der Waals surface area contributed by atoms with E-state index in [1.807, 2.05) is 30.3 Å². The summed E-state index contributed by atoms with van der Waals surface area (Å²) in [6.45, 7) is 0.871. The number of hydrogen-bond donors (Lipinski definition) is 2. The van der Waals surface area contributed by atoms with Gasteiger partial charge >= 0.3 is 0 Å². The number of benzene rings is 1. The van der Waals surface area contributed by atoms with Crippen LogP contribution in [0.5, 0.6) is 0 Å². The van der Waals surface area contributed by atoms with E-state index in [2.05, 4.69) is 20.8 Å². The minimum Gasteiger partial charge on any atom is -0.357 e. The van der Waals surface area contributed by atoms with Gasteiger partial charge < -0.3 is 10.2 Å². The van der Waals surface area contributed by atoms with Crippen molar-refractivity contribution in [1.82, 2.24) is 20.2 Å². The number of hydrazine groups is 1. The van der Waals surface area contributed by atoms with Gasteiger partial charge in [-0.15, -0.1) is 0 Å². The Bertz CT molecular complexity index is 1160. The number of carbonyl (C=O) groups is 1. The zero-order valence-corrected chi connectivity index (χ0v) is 17.1. The van der Waals surface area contributed by atoms with E-state index in [1.54, 1.807) is 18.7 Å². The summed E-state index contributed by atoms with van der Waals surface area (Å²) in [4.78, 5) is 18.0. The van der Waals surface area contributed by atoms with Crippen LogP contribution < -0.4 is 15.6 Å². The summed E-state index contributed by atoms with van der Waals surface area (Å²) in [5, 5.41) is 8.70. The molecular formula is C21H20F3N7O. The molecule has 1 unspecified atom stereocenters. The lowest BCUT2D eigenvalue weighted by Crippen LogP contribution is -2.56. The molecule has 2 N–H and O–H groups in total. The van der Waals surface area contributed by atoms with Crippen molar-refractivity contribution >= 4 is 29.2 Å². The molecule has 1 fully saturated rings. The number of fused-ring (bicyclic) bond motifs is 1. The number of hydrogen-bond acceptors (Lipinski definition) is 6. The average molecular weight is 443 g/mol. The molecule has 0 bridgehead atoms. The molecule has 2 aromatic rings. The first-order valence-corrected chi connectivity index (χ1v) is 9.96. The maximum atomic E-state index is 14.3. The number of halogens is 3. The minimum atomic E-state index is -2.79. The number of aromatic nitrogens is 2. The lowest BCUT2D eigenvalue weighted by Gasteiger charge is -2.40. The third-order valence-corrected chi connectivity index (χ3v) is 5.53. The van der Waals surface area contributed by atoms with Gasteiger partial charge in [0.25, 0.3) is 5.92 Å². The number of aliphatic imine (C=N–C) groups is 1. The Morgan fingerprint density at radius 3 is 2.88 bits per heavy atom. The number of rotatable bonds is 5. The van der Waals surface area contributed by atoms with E-state index < -0.39 is 36.4 Å². The molecule has 3 aliphatic rings. The van der Waals surface area contributed by atoms with Crippen LogP contribution >= 0.6 is 0 Å². The summed E-state index contributed by atoms with van der Waals surface area (Å²) in [5.41, 5.74) is 4.59. The summed E-state index contributed by atoms with van der Waals surface area (Å²) in [7, 11) is 0. The highest BCUT2D eigenvalue weighted by atomic mass is 19.3. The van der Waals surface area contributed by atoms with Gasteiger partial charge in [0.15, 0.2) is 5.66 Å². The van der Waals surface area contributed by atoms with E-state index in [4.69, 9.17) is 0 Å². The molecule has 1 aromatic carbocycles. The van der Waals surface area contributed by atoms with Gasteiger partial charge in [-0.3, -0.25) is 19.9 Å². The Balaban J connectivity index is 1.22. The van der Waals surface area contributed by atoms with E-state index in [9.17, 15) is 18.0 Å². The van der Waals surface area contributed by atoms with Crippen molar-refractivity contribution in [3.8, 4) is 0 Å². The standard InChI is InChI=1S/C21H20F3N7O/c1-20-7-14(4-5-31(20)27-13-25-20)15-8-26-30(9-15)10-19(32)28-16-2-3-18(17(22)6-16)29-11-21(23,24)12-29/h2-9,13H,10-12H2,1H3,(H,25,27)(H,28,32). The Labute approximate surface area is 181 Å². The fraction of sp³-hybridized carbons (Fsp3) is 0.286. The van der Waals surface area contributed by atoms with Crippen molar-refractivity contribution in [2.45, 2.75) is 25.1 Å². The molecule has 32 heavy (non-hydrogen) atoms. The lowest BCUT2D eigenvalue weighted by molar-refractivity contribution is -0.116. The molecule has 3 aliphatic heterocycles. The average Bonchev–Trinajstić information content (AvgIpc) is 3.31. The Morgan fingerprint density at radius 1 is 1.31 bits per heavy atom.